The van der Waals surface area contributed by atoms with Gasteiger partial charge in [-0.25, -0.2) is 0 Å². The van der Waals surface area contributed by atoms with Gasteiger partial charge in [0.1, 0.15) is 0 Å². The van der Waals surface area contributed by atoms with Gasteiger partial charge in [-0.1, -0.05) is 28.1 Å². The number of benzene rings is 1. The summed E-state index contributed by atoms with van der Waals surface area (Å²) in [5, 5.41) is 9.82. The minimum atomic E-state index is -0.222. The third kappa shape index (κ3) is 1.52. The molecule has 2 aliphatic rings. The molecule has 1 aliphatic carbocycles. The third-order valence-electron chi connectivity index (χ3n) is 3.69. The Labute approximate surface area is 103 Å². The maximum Gasteiger partial charge on any atom is 0.0757 e. The van der Waals surface area contributed by atoms with Crippen LogP contribution in [0, 0.1) is 5.92 Å². The van der Waals surface area contributed by atoms with Gasteiger partial charge in [-0.2, -0.15) is 5.48 Å². The van der Waals surface area contributed by atoms with Crippen molar-refractivity contribution < 1.29 is 9.94 Å². The lowest BCUT2D eigenvalue weighted by atomic mass is 9.82. The van der Waals surface area contributed by atoms with E-state index in [0.29, 0.717) is 12.5 Å². The van der Waals surface area contributed by atoms with Crippen LogP contribution in [0.5, 0.6) is 0 Å². The molecule has 0 aromatic heterocycles. The molecule has 16 heavy (non-hydrogen) atoms. The molecule has 0 spiro atoms. The van der Waals surface area contributed by atoms with Gasteiger partial charge in [0.05, 0.1) is 18.2 Å². The number of halogens is 1. The molecule has 2 fully saturated rings. The minimum Gasteiger partial charge on any atom is -0.393 e. The number of hydroxylamine groups is 1. The molecule has 1 aromatic carbocycles. The summed E-state index contributed by atoms with van der Waals surface area (Å²) < 4.78 is 1.06. The van der Waals surface area contributed by atoms with Crippen molar-refractivity contribution in [3.63, 3.8) is 0 Å². The smallest absolute Gasteiger partial charge is 0.0757 e. The Morgan fingerprint density at radius 1 is 1.50 bits per heavy atom. The van der Waals surface area contributed by atoms with Crippen LogP contribution in [0.3, 0.4) is 0 Å². The number of hydrogen-bond acceptors (Lipinski definition) is 3. The zero-order valence-corrected chi connectivity index (χ0v) is 10.4. The molecule has 2 N–H and O–H groups in total. The van der Waals surface area contributed by atoms with Crippen molar-refractivity contribution >= 4 is 15.9 Å². The summed E-state index contributed by atoms with van der Waals surface area (Å²) >= 11 is 3.49. The molecule has 3 unspecified atom stereocenters. The highest BCUT2D eigenvalue weighted by atomic mass is 79.9. The zero-order chi connectivity index (χ0) is 11.2. The molecule has 1 heterocycles. The Hall–Kier alpha value is -0.420. The fourth-order valence-electron chi connectivity index (χ4n) is 2.94. The first-order valence-corrected chi connectivity index (χ1v) is 6.33. The number of rotatable bonds is 1. The van der Waals surface area contributed by atoms with E-state index in [1.807, 2.05) is 12.1 Å². The highest BCUT2D eigenvalue weighted by Crippen LogP contribution is 2.47. The number of nitrogens with one attached hydrogen (secondary N) is 1. The Bertz CT molecular complexity index is 412. The van der Waals surface area contributed by atoms with Crippen LogP contribution in [0.25, 0.3) is 0 Å². The number of aliphatic hydroxyl groups is 1. The molecule has 4 heteroatoms. The lowest BCUT2D eigenvalue weighted by Gasteiger charge is -2.28. The standard InChI is InChI=1S/C12H14BrNO2/c13-10-3-1-2-8(4-10)12-6-11(15)5-9(12)7-16-14-12/h1-4,9,11,14-15H,5-7H2. The Kier molecular flexibility index (Phi) is 2.55. The van der Waals surface area contributed by atoms with Crippen molar-refractivity contribution in [1.82, 2.24) is 5.48 Å². The molecule has 86 valence electrons. The van der Waals surface area contributed by atoms with Gasteiger partial charge in [0.25, 0.3) is 0 Å². The van der Waals surface area contributed by atoms with Gasteiger partial charge in [0.15, 0.2) is 0 Å². The van der Waals surface area contributed by atoms with Crippen LogP contribution in [0.15, 0.2) is 28.7 Å². The molecule has 1 saturated carbocycles. The molecule has 1 aromatic rings. The van der Waals surface area contributed by atoms with E-state index < -0.39 is 0 Å². The normalized spacial score (nSPS) is 37.6. The van der Waals surface area contributed by atoms with Gasteiger partial charge in [-0.3, -0.25) is 0 Å². The molecule has 0 bridgehead atoms. The highest BCUT2D eigenvalue weighted by Gasteiger charge is 2.52. The first kappa shape index (κ1) is 10.7. The lowest BCUT2D eigenvalue weighted by molar-refractivity contribution is 0.0394. The maximum absolute atomic E-state index is 9.82. The monoisotopic (exact) mass is 283 g/mol. The van der Waals surface area contributed by atoms with Gasteiger partial charge in [0, 0.05) is 10.4 Å². The second kappa shape index (κ2) is 3.81. The molecule has 3 atom stereocenters. The first-order valence-electron chi connectivity index (χ1n) is 5.54. The summed E-state index contributed by atoms with van der Waals surface area (Å²) in [6, 6.07) is 8.23. The van der Waals surface area contributed by atoms with Crippen LogP contribution in [0.4, 0.5) is 0 Å². The van der Waals surface area contributed by atoms with Crippen LogP contribution in [-0.2, 0) is 10.4 Å². The molecule has 3 rings (SSSR count). The Morgan fingerprint density at radius 3 is 3.19 bits per heavy atom. The van der Waals surface area contributed by atoms with E-state index in [1.54, 1.807) is 0 Å². The summed E-state index contributed by atoms with van der Waals surface area (Å²) in [6.45, 7) is 0.684. The predicted molar refractivity (Wildman–Crippen MR) is 63.6 cm³/mol. The lowest BCUT2D eigenvalue weighted by Crippen LogP contribution is -2.38. The Balaban J connectivity index is 2.03. The predicted octanol–water partition coefficient (Wildman–Crippen LogP) is 1.95. The van der Waals surface area contributed by atoms with Gasteiger partial charge in [-0.05, 0) is 30.5 Å². The average Bonchev–Trinajstić information content (AvgIpc) is 2.74. The van der Waals surface area contributed by atoms with E-state index >= 15 is 0 Å². The topological polar surface area (TPSA) is 41.5 Å². The second-order valence-corrected chi connectivity index (χ2v) is 5.60. The number of hydrogen-bond donors (Lipinski definition) is 2. The molecule has 1 aliphatic heterocycles. The van der Waals surface area contributed by atoms with Gasteiger partial charge < -0.3 is 9.94 Å². The van der Waals surface area contributed by atoms with E-state index in [-0.39, 0.29) is 11.6 Å². The van der Waals surface area contributed by atoms with E-state index in [0.717, 1.165) is 17.3 Å². The summed E-state index contributed by atoms with van der Waals surface area (Å²) in [6.07, 6.45) is 1.33. The summed E-state index contributed by atoms with van der Waals surface area (Å²) in [5.74, 6) is 0.372. The van der Waals surface area contributed by atoms with Crippen LogP contribution in [-0.4, -0.2) is 17.8 Å². The van der Waals surface area contributed by atoms with Crippen molar-refractivity contribution in [3.05, 3.63) is 34.3 Å². The van der Waals surface area contributed by atoms with Crippen LogP contribution < -0.4 is 5.48 Å². The van der Waals surface area contributed by atoms with E-state index in [4.69, 9.17) is 4.84 Å². The van der Waals surface area contributed by atoms with Gasteiger partial charge >= 0.3 is 0 Å². The average molecular weight is 284 g/mol. The van der Waals surface area contributed by atoms with Gasteiger partial charge in [-0.15, -0.1) is 0 Å². The molecular formula is C12H14BrNO2. The molecule has 0 radical (unpaired) electrons. The SMILES string of the molecule is OC1CC2CONC2(c2cccc(Br)c2)C1. The molecular weight excluding hydrogens is 270 g/mol. The van der Waals surface area contributed by atoms with E-state index in [1.165, 1.54) is 5.56 Å². The minimum absolute atomic E-state index is 0.191. The van der Waals surface area contributed by atoms with Crippen LogP contribution in [0.1, 0.15) is 18.4 Å². The maximum atomic E-state index is 9.82. The van der Waals surface area contributed by atoms with Crippen molar-refractivity contribution in [2.45, 2.75) is 24.5 Å². The molecule has 3 nitrogen and oxygen atoms in total. The molecule has 1 saturated heterocycles. The number of aliphatic hydroxyl groups excluding tert-OH is 1. The summed E-state index contributed by atoms with van der Waals surface area (Å²) in [4.78, 5) is 5.38. The number of fused-ring (bicyclic) bond motifs is 1. The quantitative estimate of drug-likeness (QED) is 0.828. The van der Waals surface area contributed by atoms with E-state index in [9.17, 15) is 5.11 Å². The fraction of sp³-hybridized carbons (Fsp3) is 0.500. The van der Waals surface area contributed by atoms with Crippen molar-refractivity contribution in [1.29, 1.82) is 0 Å². The van der Waals surface area contributed by atoms with E-state index in [2.05, 4.69) is 33.5 Å². The fourth-order valence-corrected chi connectivity index (χ4v) is 3.34. The van der Waals surface area contributed by atoms with Crippen molar-refractivity contribution in [3.8, 4) is 0 Å². The van der Waals surface area contributed by atoms with Gasteiger partial charge in [0.2, 0.25) is 0 Å². The highest BCUT2D eigenvalue weighted by molar-refractivity contribution is 9.10. The largest absolute Gasteiger partial charge is 0.393 e. The van der Waals surface area contributed by atoms with Crippen LogP contribution >= 0.6 is 15.9 Å². The summed E-state index contributed by atoms with van der Waals surface area (Å²) in [5.41, 5.74) is 4.13. The third-order valence-corrected chi connectivity index (χ3v) is 4.18. The molecule has 0 amide bonds. The first-order chi connectivity index (χ1) is 7.71. The van der Waals surface area contributed by atoms with Crippen LogP contribution in [0.2, 0.25) is 0 Å². The van der Waals surface area contributed by atoms with Crippen molar-refractivity contribution in [2.24, 2.45) is 5.92 Å². The summed E-state index contributed by atoms with van der Waals surface area (Å²) in [7, 11) is 0. The Morgan fingerprint density at radius 2 is 2.38 bits per heavy atom. The zero-order valence-electron chi connectivity index (χ0n) is 8.82. The van der Waals surface area contributed by atoms with Crippen molar-refractivity contribution in [2.75, 3.05) is 6.61 Å². The second-order valence-electron chi connectivity index (χ2n) is 4.69.